The van der Waals surface area contributed by atoms with Crippen LogP contribution in [-0.4, -0.2) is 38.0 Å². The van der Waals surface area contributed by atoms with Crippen molar-refractivity contribution in [3.8, 4) is 0 Å². The van der Waals surface area contributed by atoms with Gasteiger partial charge in [-0.3, -0.25) is 4.79 Å². The number of halogens is 1. The van der Waals surface area contributed by atoms with Gasteiger partial charge in [0.1, 0.15) is 0 Å². The van der Waals surface area contributed by atoms with Gasteiger partial charge in [0.25, 0.3) is 0 Å². The minimum absolute atomic E-state index is 0.0388. The lowest BCUT2D eigenvalue weighted by Crippen LogP contribution is -2.42. The normalized spacial score (nSPS) is 17.6. The molecule has 1 amide bonds. The molecule has 1 N–H and O–H groups in total. The van der Waals surface area contributed by atoms with E-state index in [1.807, 2.05) is 18.2 Å². The highest BCUT2D eigenvalue weighted by molar-refractivity contribution is 7.88. The number of nitrogens with zero attached hydrogens (tertiary/aromatic N) is 1. The van der Waals surface area contributed by atoms with E-state index in [2.05, 4.69) is 5.32 Å². The topological polar surface area (TPSA) is 66.5 Å². The summed E-state index contributed by atoms with van der Waals surface area (Å²) in [5.41, 5.74) is 0.876. The van der Waals surface area contributed by atoms with Crippen molar-refractivity contribution in [3.05, 3.63) is 34.9 Å². The summed E-state index contributed by atoms with van der Waals surface area (Å²) < 4.78 is 24.3. The van der Waals surface area contributed by atoms with E-state index in [1.165, 1.54) is 10.6 Å². The zero-order chi connectivity index (χ0) is 15.5. The average molecular weight is 331 g/mol. The zero-order valence-electron chi connectivity index (χ0n) is 11.9. The Bertz CT molecular complexity index is 610. The summed E-state index contributed by atoms with van der Waals surface area (Å²) in [4.78, 5) is 12.1. The Balaban J connectivity index is 1.84. The minimum atomic E-state index is -3.15. The number of piperidine rings is 1. The first-order chi connectivity index (χ1) is 9.88. The fraction of sp³-hybridized carbons (Fsp3) is 0.500. The second-order valence-corrected chi connectivity index (χ2v) is 7.64. The molecule has 0 radical (unpaired) electrons. The van der Waals surface area contributed by atoms with Crippen LogP contribution >= 0.6 is 11.6 Å². The SMILES string of the molecule is CS(=O)(=O)N1CCC(C(=O)NCc2ccccc2Cl)CC1. The molecule has 0 aromatic heterocycles. The fourth-order valence-corrected chi connectivity index (χ4v) is 3.49. The summed E-state index contributed by atoms with van der Waals surface area (Å²) in [5.74, 6) is -0.173. The molecule has 0 aliphatic carbocycles. The Kier molecular flexibility index (Phi) is 5.24. The number of hydrogen-bond acceptors (Lipinski definition) is 3. The van der Waals surface area contributed by atoms with E-state index in [9.17, 15) is 13.2 Å². The lowest BCUT2D eigenvalue weighted by Gasteiger charge is -2.29. The van der Waals surface area contributed by atoms with E-state index in [4.69, 9.17) is 11.6 Å². The maximum atomic E-state index is 12.1. The van der Waals surface area contributed by atoms with E-state index < -0.39 is 10.0 Å². The Hall–Kier alpha value is -1.11. The molecule has 1 heterocycles. The van der Waals surface area contributed by atoms with Crippen LogP contribution in [0.2, 0.25) is 5.02 Å². The van der Waals surface area contributed by atoms with Gasteiger partial charge in [0, 0.05) is 30.6 Å². The number of hydrogen-bond donors (Lipinski definition) is 1. The van der Waals surface area contributed by atoms with E-state index in [-0.39, 0.29) is 11.8 Å². The maximum absolute atomic E-state index is 12.1. The van der Waals surface area contributed by atoms with Gasteiger partial charge in [-0.05, 0) is 24.5 Å². The first-order valence-electron chi connectivity index (χ1n) is 6.84. The predicted octanol–water partition coefficient (Wildman–Crippen LogP) is 1.63. The van der Waals surface area contributed by atoms with Crippen LogP contribution < -0.4 is 5.32 Å². The van der Waals surface area contributed by atoms with Crippen LogP contribution in [-0.2, 0) is 21.4 Å². The van der Waals surface area contributed by atoms with Gasteiger partial charge in [-0.2, -0.15) is 0 Å². The second-order valence-electron chi connectivity index (χ2n) is 5.25. The Morgan fingerprint density at radius 3 is 2.52 bits per heavy atom. The third-order valence-electron chi connectivity index (χ3n) is 3.70. The minimum Gasteiger partial charge on any atom is -0.352 e. The quantitative estimate of drug-likeness (QED) is 0.912. The Morgan fingerprint density at radius 1 is 1.33 bits per heavy atom. The molecule has 1 aliphatic heterocycles. The van der Waals surface area contributed by atoms with E-state index in [1.54, 1.807) is 6.07 Å². The zero-order valence-corrected chi connectivity index (χ0v) is 13.5. The number of carbonyl (C=O) groups is 1. The van der Waals surface area contributed by atoms with Gasteiger partial charge in [0.05, 0.1) is 6.26 Å². The third-order valence-corrected chi connectivity index (χ3v) is 5.38. The highest BCUT2D eigenvalue weighted by atomic mass is 35.5. The van der Waals surface area contributed by atoms with Crippen molar-refractivity contribution in [2.24, 2.45) is 5.92 Å². The molecule has 7 heteroatoms. The maximum Gasteiger partial charge on any atom is 0.223 e. The van der Waals surface area contributed by atoms with Crippen LogP contribution in [0, 0.1) is 5.92 Å². The molecule has 1 fully saturated rings. The number of carbonyl (C=O) groups excluding carboxylic acids is 1. The number of nitrogens with one attached hydrogen (secondary N) is 1. The van der Waals surface area contributed by atoms with Crippen molar-refractivity contribution >= 4 is 27.5 Å². The van der Waals surface area contributed by atoms with Crippen molar-refractivity contribution in [1.82, 2.24) is 9.62 Å². The van der Waals surface area contributed by atoms with Crippen LogP contribution in [0.25, 0.3) is 0 Å². The average Bonchev–Trinajstić information content (AvgIpc) is 2.45. The number of benzene rings is 1. The van der Waals surface area contributed by atoms with Gasteiger partial charge in [0.15, 0.2) is 0 Å². The van der Waals surface area contributed by atoms with Crippen molar-refractivity contribution in [1.29, 1.82) is 0 Å². The molecular formula is C14H19ClN2O3S. The standard InChI is InChI=1S/C14H19ClN2O3S/c1-21(19,20)17-8-6-11(7-9-17)14(18)16-10-12-4-2-3-5-13(12)15/h2-5,11H,6-10H2,1H3,(H,16,18). The molecule has 1 aromatic carbocycles. The molecule has 0 spiro atoms. The monoisotopic (exact) mass is 330 g/mol. The van der Waals surface area contributed by atoms with Crippen LogP contribution in [0.3, 0.4) is 0 Å². The molecule has 1 saturated heterocycles. The third kappa shape index (κ3) is 4.43. The largest absolute Gasteiger partial charge is 0.352 e. The highest BCUT2D eigenvalue weighted by Crippen LogP contribution is 2.20. The summed E-state index contributed by atoms with van der Waals surface area (Å²) >= 11 is 6.04. The van der Waals surface area contributed by atoms with Crippen molar-refractivity contribution in [3.63, 3.8) is 0 Å². The van der Waals surface area contributed by atoms with Crippen molar-refractivity contribution in [2.75, 3.05) is 19.3 Å². The van der Waals surface area contributed by atoms with Gasteiger partial charge in [-0.15, -0.1) is 0 Å². The van der Waals surface area contributed by atoms with E-state index >= 15 is 0 Å². The van der Waals surface area contributed by atoms with Gasteiger partial charge in [-0.1, -0.05) is 29.8 Å². The molecule has 2 rings (SSSR count). The summed E-state index contributed by atoms with van der Waals surface area (Å²) in [6, 6.07) is 7.37. The molecule has 0 atom stereocenters. The summed E-state index contributed by atoms with van der Waals surface area (Å²) in [7, 11) is -3.15. The molecule has 5 nitrogen and oxygen atoms in total. The Morgan fingerprint density at radius 2 is 1.95 bits per heavy atom. The molecule has 1 aliphatic rings. The fourth-order valence-electron chi connectivity index (χ4n) is 2.42. The first-order valence-corrected chi connectivity index (χ1v) is 9.07. The van der Waals surface area contributed by atoms with Gasteiger partial charge < -0.3 is 5.32 Å². The van der Waals surface area contributed by atoms with E-state index in [0.717, 1.165) is 5.56 Å². The first kappa shape index (κ1) is 16.3. The molecule has 1 aromatic rings. The highest BCUT2D eigenvalue weighted by Gasteiger charge is 2.28. The molecule has 21 heavy (non-hydrogen) atoms. The Labute approximate surface area is 130 Å². The molecule has 0 saturated carbocycles. The summed E-state index contributed by atoms with van der Waals surface area (Å²) in [6.45, 7) is 1.21. The number of amides is 1. The van der Waals surface area contributed by atoms with Gasteiger partial charge >= 0.3 is 0 Å². The van der Waals surface area contributed by atoms with Crippen molar-refractivity contribution < 1.29 is 13.2 Å². The molecule has 0 bridgehead atoms. The van der Waals surface area contributed by atoms with E-state index in [0.29, 0.717) is 37.5 Å². The second kappa shape index (κ2) is 6.77. The lowest BCUT2D eigenvalue weighted by molar-refractivity contribution is -0.126. The number of sulfonamides is 1. The number of rotatable bonds is 4. The molecule has 116 valence electrons. The van der Waals surface area contributed by atoms with Crippen LogP contribution in [0.1, 0.15) is 18.4 Å². The summed E-state index contributed by atoms with van der Waals surface area (Å²) in [6.07, 6.45) is 2.31. The van der Waals surface area contributed by atoms with Gasteiger partial charge in [0.2, 0.25) is 15.9 Å². The smallest absolute Gasteiger partial charge is 0.223 e. The lowest BCUT2D eigenvalue weighted by atomic mass is 9.97. The van der Waals surface area contributed by atoms with Crippen LogP contribution in [0.4, 0.5) is 0 Å². The predicted molar refractivity (Wildman–Crippen MR) is 82.4 cm³/mol. The molecule has 0 unspecified atom stereocenters. The summed E-state index contributed by atoms with van der Waals surface area (Å²) in [5, 5.41) is 3.50. The molecular weight excluding hydrogens is 312 g/mol. The van der Waals surface area contributed by atoms with Gasteiger partial charge in [-0.25, -0.2) is 12.7 Å². The van der Waals surface area contributed by atoms with Crippen molar-refractivity contribution in [2.45, 2.75) is 19.4 Å². The van der Waals surface area contributed by atoms with Crippen LogP contribution in [0.5, 0.6) is 0 Å². The van der Waals surface area contributed by atoms with Crippen LogP contribution in [0.15, 0.2) is 24.3 Å².